The summed E-state index contributed by atoms with van der Waals surface area (Å²) in [4.78, 5) is 25.1. The van der Waals surface area contributed by atoms with Gasteiger partial charge in [-0.05, 0) is 46.7 Å². The maximum Gasteiger partial charge on any atom is 0.244 e. The van der Waals surface area contributed by atoms with Crippen LogP contribution < -0.4 is 10.8 Å². The molecule has 0 fully saturated rings. The van der Waals surface area contributed by atoms with Crippen LogP contribution in [0.15, 0.2) is 72.8 Å². The summed E-state index contributed by atoms with van der Waals surface area (Å²) in [5.41, 5.74) is 7.84. The number of aryl methyl sites for hydroxylation is 1. The molecule has 0 saturated heterocycles. The number of carbonyl (C=O) groups excluding carboxylic acids is 2. The summed E-state index contributed by atoms with van der Waals surface area (Å²) in [7, 11) is 0. The van der Waals surface area contributed by atoms with Crippen LogP contribution in [0.25, 0.3) is 11.1 Å². The molecule has 33 heavy (non-hydrogen) atoms. The molecule has 4 N–H and O–H groups in total. The Balaban J connectivity index is 1.51. The van der Waals surface area contributed by atoms with E-state index in [4.69, 9.17) is 5.21 Å². The van der Waals surface area contributed by atoms with Crippen molar-refractivity contribution in [3.63, 3.8) is 0 Å². The topological polar surface area (TPSA) is 98.7 Å². The molecule has 6 heteroatoms. The largest absolute Gasteiger partial charge is 0.390 e. The lowest BCUT2D eigenvalue weighted by atomic mass is 9.92. The van der Waals surface area contributed by atoms with Crippen LogP contribution in [0.2, 0.25) is 0 Å². The third kappa shape index (κ3) is 5.13. The van der Waals surface area contributed by atoms with Crippen LogP contribution in [0.3, 0.4) is 0 Å². The van der Waals surface area contributed by atoms with Gasteiger partial charge in [-0.1, -0.05) is 72.8 Å². The predicted octanol–water partition coefficient (Wildman–Crippen LogP) is 3.49. The lowest BCUT2D eigenvalue weighted by Crippen LogP contribution is -2.40. The van der Waals surface area contributed by atoms with Crippen molar-refractivity contribution in [2.45, 2.75) is 38.3 Å². The molecule has 0 aromatic heterocycles. The van der Waals surface area contributed by atoms with Gasteiger partial charge in [-0.15, -0.1) is 0 Å². The van der Waals surface area contributed by atoms with E-state index >= 15 is 0 Å². The van der Waals surface area contributed by atoms with E-state index in [-0.39, 0.29) is 12.3 Å². The zero-order valence-corrected chi connectivity index (χ0v) is 18.5. The van der Waals surface area contributed by atoms with E-state index < -0.39 is 24.0 Å². The fourth-order valence-corrected chi connectivity index (χ4v) is 4.55. The lowest BCUT2D eigenvalue weighted by Gasteiger charge is -2.22. The Bertz CT molecular complexity index is 1140. The van der Waals surface area contributed by atoms with Gasteiger partial charge in [0.15, 0.2) is 0 Å². The third-order valence-corrected chi connectivity index (χ3v) is 6.32. The molecule has 170 valence electrons. The standard InChI is InChI=1S/C27H28N2O4/c1-17-6-2-4-8-22(17)19-12-10-18(11-13-19)14-21(16-25(31)29-33)27(32)28-26-23-9-5-3-7-20(23)15-24(26)30/h2-13,21,24,26,30,33H,14-16H2,1H3,(H,28,32)(H,29,31). The van der Waals surface area contributed by atoms with E-state index in [1.807, 2.05) is 60.7 Å². The molecule has 1 aliphatic carbocycles. The van der Waals surface area contributed by atoms with Crippen LogP contribution in [-0.2, 0) is 22.4 Å². The smallest absolute Gasteiger partial charge is 0.244 e. The van der Waals surface area contributed by atoms with Crippen LogP contribution in [0.5, 0.6) is 0 Å². The Kier molecular flexibility index (Phi) is 6.87. The molecule has 0 spiro atoms. The molecule has 0 aliphatic heterocycles. The predicted molar refractivity (Wildman–Crippen MR) is 125 cm³/mol. The molecule has 0 bridgehead atoms. The van der Waals surface area contributed by atoms with Crippen molar-refractivity contribution < 1.29 is 19.9 Å². The Hall–Kier alpha value is -3.48. The fourth-order valence-electron chi connectivity index (χ4n) is 4.55. The molecule has 2 amide bonds. The highest BCUT2D eigenvalue weighted by molar-refractivity contribution is 5.86. The van der Waals surface area contributed by atoms with Crippen molar-refractivity contribution >= 4 is 11.8 Å². The highest BCUT2D eigenvalue weighted by Gasteiger charge is 2.34. The van der Waals surface area contributed by atoms with Crippen molar-refractivity contribution in [3.05, 3.63) is 95.1 Å². The van der Waals surface area contributed by atoms with Crippen molar-refractivity contribution in [2.75, 3.05) is 0 Å². The number of hydrogen-bond acceptors (Lipinski definition) is 4. The molecule has 6 nitrogen and oxygen atoms in total. The summed E-state index contributed by atoms with van der Waals surface area (Å²) in [6.07, 6.45) is -0.0695. The summed E-state index contributed by atoms with van der Waals surface area (Å²) in [5.74, 6) is -1.65. The number of amides is 2. The number of rotatable bonds is 7. The number of carbonyl (C=O) groups is 2. The van der Waals surface area contributed by atoms with Crippen LogP contribution in [0.1, 0.15) is 34.7 Å². The molecular weight excluding hydrogens is 416 g/mol. The molecular formula is C27H28N2O4. The molecule has 0 radical (unpaired) electrons. The van der Waals surface area contributed by atoms with Crippen LogP contribution in [-0.4, -0.2) is 28.2 Å². The molecule has 4 rings (SSSR count). The van der Waals surface area contributed by atoms with Crippen LogP contribution in [0.4, 0.5) is 0 Å². The minimum absolute atomic E-state index is 0.160. The van der Waals surface area contributed by atoms with Crippen molar-refractivity contribution in [2.24, 2.45) is 5.92 Å². The van der Waals surface area contributed by atoms with Crippen LogP contribution in [0, 0.1) is 12.8 Å². The average molecular weight is 445 g/mol. The van der Waals surface area contributed by atoms with Gasteiger partial charge in [0.25, 0.3) is 0 Å². The Morgan fingerprint density at radius 3 is 2.42 bits per heavy atom. The van der Waals surface area contributed by atoms with Gasteiger partial charge in [0.1, 0.15) is 0 Å². The average Bonchev–Trinajstić information content (AvgIpc) is 3.14. The highest BCUT2D eigenvalue weighted by Crippen LogP contribution is 2.32. The monoisotopic (exact) mass is 444 g/mol. The second kappa shape index (κ2) is 9.98. The molecule has 3 unspecified atom stereocenters. The van der Waals surface area contributed by atoms with E-state index in [2.05, 4.69) is 24.4 Å². The van der Waals surface area contributed by atoms with Gasteiger partial charge < -0.3 is 10.4 Å². The van der Waals surface area contributed by atoms with E-state index in [1.54, 1.807) is 5.48 Å². The maximum atomic E-state index is 13.2. The van der Waals surface area contributed by atoms with Gasteiger partial charge in [0.2, 0.25) is 11.8 Å². The lowest BCUT2D eigenvalue weighted by molar-refractivity contribution is -0.135. The Labute approximate surface area is 193 Å². The molecule has 1 aliphatic rings. The van der Waals surface area contributed by atoms with Gasteiger partial charge in [-0.25, -0.2) is 5.48 Å². The van der Waals surface area contributed by atoms with Crippen LogP contribution >= 0.6 is 0 Å². The fraction of sp³-hybridized carbons (Fsp3) is 0.259. The molecule has 3 aromatic rings. The number of benzene rings is 3. The highest BCUT2D eigenvalue weighted by atomic mass is 16.5. The summed E-state index contributed by atoms with van der Waals surface area (Å²) < 4.78 is 0. The van der Waals surface area contributed by atoms with E-state index in [0.29, 0.717) is 12.8 Å². The van der Waals surface area contributed by atoms with Gasteiger partial charge >= 0.3 is 0 Å². The molecule has 0 heterocycles. The minimum atomic E-state index is -0.716. The Morgan fingerprint density at radius 1 is 1.00 bits per heavy atom. The SMILES string of the molecule is Cc1ccccc1-c1ccc(CC(CC(=O)NO)C(=O)NC2c3ccccc3CC2O)cc1. The summed E-state index contributed by atoms with van der Waals surface area (Å²) in [6.45, 7) is 2.06. The summed E-state index contributed by atoms with van der Waals surface area (Å²) in [5, 5.41) is 22.4. The first-order chi connectivity index (χ1) is 16.0. The Morgan fingerprint density at radius 2 is 1.70 bits per heavy atom. The zero-order valence-electron chi connectivity index (χ0n) is 18.5. The summed E-state index contributed by atoms with van der Waals surface area (Å²) >= 11 is 0. The number of aliphatic hydroxyl groups is 1. The van der Waals surface area contributed by atoms with Crippen molar-refractivity contribution in [3.8, 4) is 11.1 Å². The maximum absolute atomic E-state index is 13.2. The van der Waals surface area contributed by atoms with E-state index in [9.17, 15) is 14.7 Å². The molecule has 3 atom stereocenters. The van der Waals surface area contributed by atoms with E-state index in [1.165, 1.54) is 5.56 Å². The number of hydrogen-bond donors (Lipinski definition) is 4. The quantitative estimate of drug-likeness (QED) is 0.331. The molecule has 3 aromatic carbocycles. The second-order valence-corrected chi connectivity index (χ2v) is 8.61. The number of fused-ring (bicyclic) bond motifs is 1. The van der Waals surface area contributed by atoms with Crippen molar-refractivity contribution in [1.82, 2.24) is 10.8 Å². The van der Waals surface area contributed by atoms with Gasteiger partial charge in [0.05, 0.1) is 18.1 Å². The second-order valence-electron chi connectivity index (χ2n) is 8.61. The number of aliphatic hydroxyl groups excluding tert-OH is 1. The third-order valence-electron chi connectivity index (χ3n) is 6.32. The van der Waals surface area contributed by atoms with E-state index in [0.717, 1.165) is 27.8 Å². The number of hydroxylamine groups is 1. The van der Waals surface area contributed by atoms with Gasteiger partial charge in [-0.3, -0.25) is 14.8 Å². The van der Waals surface area contributed by atoms with Gasteiger partial charge in [0, 0.05) is 12.8 Å². The normalized spacial score (nSPS) is 17.8. The van der Waals surface area contributed by atoms with Crippen molar-refractivity contribution in [1.29, 1.82) is 0 Å². The minimum Gasteiger partial charge on any atom is -0.390 e. The first-order valence-corrected chi connectivity index (χ1v) is 11.1. The summed E-state index contributed by atoms with van der Waals surface area (Å²) in [6, 6.07) is 23.2. The molecule has 0 saturated carbocycles. The zero-order chi connectivity index (χ0) is 23.4. The number of nitrogens with one attached hydrogen (secondary N) is 2. The first kappa shape index (κ1) is 22.7. The van der Waals surface area contributed by atoms with Gasteiger partial charge in [-0.2, -0.15) is 0 Å². The first-order valence-electron chi connectivity index (χ1n) is 11.1.